The molecular formula is C11H17FN2S. The van der Waals surface area contributed by atoms with Crippen molar-refractivity contribution < 1.29 is 4.39 Å². The topological polar surface area (TPSA) is 38.0 Å². The molecule has 0 aliphatic heterocycles. The zero-order valence-corrected chi connectivity index (χ0v) is 9.90. The van der Waals surface area contributed by atoms with Crippen LogP contribution in [0.3, 0.4) is 0 Å². The van der Waals surface area contributed by atoms with Crippen molar-refractivity contribution in [2.24, 2.45) is 0 Å². The van der Waals surface area contributed by atoms with Crippen molar-refractivity contribution in [3.05, 3.63) is 24.0 Å². The van der Waals surface area contributed by atoms with E-state index in [1.165, 1.54) is 12.1 Å². The fraction of sp³-hybridized carbons (Fsp3) is 0.455. The van der Waals surface area contributed by atoms with Crippen molar-refractivity contribution in [3.63, 3.8) is 0 Å². The second kappa shape index (κ2) is 5.85. The second-order valence-electron chi connectivity index (χ2n) is 3.44. The Kier molecular flexibility index (Phi) is 4.75. The highest BCUT2D eigenvalue weighted by atomic mass is 32.2. The molecule has 0 radical (unpaired) electrons. The fourth-order valence-corrected chi connectivity index (χ4v) is 2.07. The monoisotopic (exact) mass is 228 g/mol. The van der Waals surface area contributed by atoms with E-state index in [0.717, 1.165) is 17.9 Å². The first-order valence-corrected chi connectivity index (χ1v) is 6.37. The minimum absolute atomic E-state index is 0.295. The third-order valence-corrected chi connectivity index (χ3v) is 2.97. The molecule has 0 aliphatic rings. The number of rotatable bonds is 5. The lowest BCUT2D eigenvalue weighted by Gasteiger charge is -2.18. The van der Waals surface area contributed by atoms with E-state index >= 15 is 0 Å². The highest BCUT2D eigenvalue weighted by Crippen LogP contribution is 2.21. The molecule has 1 aromatic carbocycles. The van der Waals surface area contributed by atoms with Gasteiger partial charge in [0.15, 0.2) is 0 Å². The molecule has 1 aromatic rings. The van der Waals surface area contributed by atoms with Gasteiger partial charge in [-0.15, -0.1) is 0 Å². The highest BCUT2D eigenvalue weighted by Gasteiger charge is 2.07. The van der Waals surface area contributed by atoms with Crippen LogP contribution in [0.2, 0.25) is 0 Å². The average Bonchev–Trinajstić information content (AvgIpc) is 2.21. The van der Waals surface area contributed by atoms with Gasteiger partial charge in [-0.2, -0.15) is 11.8 Å². The van der Waals surface area contributed by atoms with Crippen LogP contribution < -0.4 is 11.1 Å². The lowest BCUT2D eigenvalue weighted by atomic mass is 10.2. The van der Waals surface area contributed by atoms with E-state index in [-0.39, 0.29) is 5.82 Å². The first kappa shape index (κ1) is 12.2. The minimum atomic E-state index is -0.295. The van der Waals surface area contributed by atoms with Crippen LogP contribution in [0.4, 0.5) is 15.8 Å². The van der Waals surface area contributed by atoms with Gasteiger partial charge in [0.2, 0.25) is 0 Å². The Morgan fingerprint density at radius 3 is 2.80 bits per heavy atom. The van der Waals surface area contributed by atoms with Crippen LogP contribution in [0.15, 0.2) is 18.2 Å². The SMILES string of the molecule is CCC(CSC)Nc1ccc(F)cc1N. The van der Waals surface area contributed by atoms with Crippen molar-refractivity contribution >= 4 is 23.1 Å². The molecule has 2 nitrogen and oxygen atoms in total. The molecule has 0 fully saturated rings. The number of nitrogens with two attached hydrogens (primary N) is 1. The predicted molar refractivity (Wildman–Crippen MR) is 66.9 cm³/mol. The van der Waals surface area contributed by atoms with Crippen LogP contribution in [0.5, 0.6) is 0 Å². The number of anilines is 2. The standard InChI is InChI=1S/C11H17FN2S/c1-3-9(7-15-2)14-11-5-4-8(12)6-10(11)13/h4-6,9,14H,3,7,13H2,1-2H3. The van der Waals surface area contributed by atoms with Crippen LogP contribution in [0.25, 0.3) is 0 Å². The smallest absolute Gasteiger partial charge is 0.125 e. The van der Waals surface area contributed by atoms with Crippen molar-refractivity contribution in [2.45, 2.75) is 19.4 Å². The van der Waals surface area contributed by atoms with Gasteiger partial charge in [0.1, 0.15) is 5.82 Å². The van der Waals surface area contributed by atoms with Crippen molar-refractivity contribution in [3.8, 4) is 0 Å². The molecule has 4 heteroatoms. The van der Waals surface area contributed by atoms with Gasteiger partial charge in [0.05, 0.1) is 11.4 Å². The highest BCUT2D eigenvalue weighted by molar-refractivity contribution is 7.98. The maximum Gasteiger partial charge on any atom is 0.125 e. The number of nitrogen functional groups attached to an aromatic ring is 1. The van der Waals surface area contributed by atoms with Crippen molar-refractivity contribution in [1.82, 2.24) is 0 Å². The fourth-order valence-electron chi connectivity index (χ4n) is 1.35. The lowest BCUT2D eigenvalue weighted by Crippen LogP contribution is -2.21. The third kappa shape index (κ3) is 3.63. The molecule has 3 N–H and O–H groups in total. The number of benzene rings is 1. The van der Waals surface area contributed by atoms with Crippen molar-refractivity contribution in [2.75, 3.05) is 23.1 Å². The van der Waals surface area contributed by atoms with Gasteiger partial charge in [0, 0.05) is 11.8 Å². The molecule has 0 bridgehead atoms. The summed E-state index contributed by atoms with van der Waals surface area (Å²) in [4.78, 5) is 0. The van der Waals surface area contributed by atoms with E-state index in [2.05, 4.69) is 18.5 Å². The first-order chi connectivity index (χ1) is 7.17. The Bertz CT molecular complexity index is 317. The van der Waals surface area contributed by atoms with Gasteiger partial charge in [0.25, 0.3) is 0 Å². The minimum Gasteiger partial charge on any atom is -0.397 e. The van der Waals surface area contributed by atoms with Crippen LogP contribution in [0.1, 0.15) is 13.3 Å². The Morgan fingerprint density at radius 1 is 1.53 bits per heavy atom. The summed E-state index contributed by atoms with van der Waals surface area (Å²) in [5.41, 5.74) is 7.00. The molecule has 15 heavy (non-hydrogen) atoms. The van der Waals surface area contributed by atoms with E-state index in [4.69, 9.17) is 5.73 Å². The molecule has 1 unspecified atom stereocenters. The molecule has 0 aliphatic carbocycles. The molecule has 1 rings (SSSR count). The molecular weight excluding hydrogens is 211 g/mol. The Balaban J connectivity index is 2.70. The number of thioether (sulfide) groups is 1. The van der Waals surface area contributed by atoms with Crippen LogP contribution >= 0.6 is 11.8 Å². The molecule has 1 atom stereocenters. The van der Waals surface area contributed by atoms with Gasteiger partial charge in [-0.05, 0) is 30.9 Å². The predicted octanol–water partition coefficient (Wildman–Crippen LogP) is 2.96. The summed E-state index contributed by atoms with van der Waals surface area (Å²) in [5.74, 6) is 0.726. The zero-order valence-electron chi connectivity index (χ0n) is 9.09. The molecule has 0 amide bonds. The zero-order chi connectivity index (χ0) is 11.3. The number of nitrogens with one attached hydrogen (secondary N) is 1. The Hall–Kier alpha value is -0.900. The third-order valence-electron chi connectivity index (χ3n) is 2.23. The van der Waals surface area contributed by atoms with Gasteiger partial charge in [-0.1, -0.05) is 6.92 Å². The van der Waals surface area contributed by atoms with E-state index in [1.807, 2.05) is 0 Å². The molecule has 0 saturated carbocycles. The summed E-state index contributed by atoms with van der Waals surface area (Å²) >= 11 is 1.79. The van der Waals surface area contributed by atoms with Gasteiger partial charge in [-0.25, -0.2) is 4.39 Å². The first-order valence-electron chi connectivity index (χ1n) is 4.97. The quantitative estimate of drug-likeness (QED) is 0.761. The normalized spacial score (nSPS) is 12.5. The largest absolute Gasteiger partial charge is 0.397 e. The molecule has 0 saturated heterocycles. The molecule has 0 aromatic heterocycles. The van der Waals surface area contributed by atoms with E-state index in [9.17, 15) is 4.39 Å². The number of hydrogen-bond donors (Lipinski definition) is 2. The summed E-state index contributed by atoms with van der Waals surface area (Å²) in [6.45, 7) is 2.12. The summed E-state index contributed by atoms with van der Waals surface area (Å²) in [6.07, 6.45) is 3.09. The maximum atomic E-state index is 12.8. The van der Waals surface area contributed by atoms with Gasteiger partial charge < -0.3 is 11.1 Å². The van der Waals surface area contributed by atoms with Gasteiger partial charge in [-0.3, -0.25) is 0 Å². The summed E-state index contributed by atoms with van der Waals surface area (Å²) in [6, 6.07) is 4.83. The summed E-state index contributed by atoms with van der Waals surface area (Å²) in [7, 11) is 0. The molecule has 0 heterocycles. The summed E-state index contributed by atoms with van der Waals surface area (Å²) in [5, 5.41) is 3.31. The lowest BCUT2D eigenvalue weighted by molar-refractivity contribution is 0.628. The number of hydrogen-bond acceptors (Lipinski definition) is 3. The van der Waals surface area contributed by atoms with E-state index in [0.29, 0.717) is 11.7 Å². The second-order valence-corrected chi connectivity index (χ2v) is 4.35. The molecule has 84 valence electrons. The average molecular weight is 228 g/mol. The number of halogens is 1. The summed E-state index contributed by atoms with van der Waals surface area (Å²) < 4.78 is 12.8. The van der Waals surface area contributed by atoms with Crippen LogP contribution in [-0.4, -0.2) is 18.1 Å². The van der Waals surface area contributed by atoms with Crippen molar-refractivity contribution in [1.29, 1.82) is 0 Å². The van der Waals surface area contributed by atoms with E-state index < -0.39 is 0 Å². The van der Waals surface area contributed by atoms with Crippen LogP contribution in [0, 0.1) is 5.82 Å². The Labute approximate surface area is 94.4 Å². The van der Waals surface area contributed by atoms with E-state index in [1.54, 1.807) is 17.8 Å². The maximum absolute atomic E-state index is 12.8. The Morgan fingerprint density at radius 2 is 2.27 bits per heavy atom. The van der Waals surface area contributed by atoms with Gasteiger partial charge >= 0.3 is 0 Å². The molecule has 0 spiro atoms. The van der Waals surface area contributed by atoms with Crippen LogP contribution in [-0.2, 0) is 0 Å².